The fourth-order valence-electron chi connectivity index (χ4n) is 2.66. The van der Waals surface area contributed by atoms with E-state index in [0.717, 1.165) is 31.2 Å². The molecule has 1 aliphatic rings. The summed E-state index contributed by atoms with van der Waals surface area (Å²) in [7, 11) is 0. The van der Waals surface area contributed by atoms with Gasteiger partial charge in [-0.15, -0.1) is 0 Å². The molecule has 1 aromatic carbocycles. The quantitative estimate of drug-likeness (QED) is 0.743. The summed E-state index contributed by atoms with van der Waals surface area (Å²) in [6.07, 6.45) is 6.55. The van der Waals surface area contributed by atoms with Gasteiger partial charge in [0.05, 0.1) is 10.1 Å². The number of phenols is 1. The van der Waals surface area contributed by atoms with E-state index in [1.165, 1.54) is 12.8 Å². The zero-order chi connectivity index (χ0) is 13.7. The van der Waals surface area contributed by atoms with Crippen LogP contribution in [0.1, 0.15) is 44.1 Å². The molecule has 106 valence electrons. The van der Waals surface area contributed by atoms with Gasteiger partial charge in [-0.3, -0.25) is 0 Å². The van der Waals surface area contributed by atoms with E-state index in [1.807, 2.05) is 12.1 Å². The van der Waals surface area contributed by atoms with Gasteiger partial charge in [0.25, 0.3) is 0 Å². The Balaban J connectivity index is 1.83. The van der Waals surface area contributed by atoms with Gasteiger partial charge < -0.3 is 15.5 Å². The molecule has 0 saturated heterocycles. The third-order valence-electron chi connectivity index (χ3n) is 3.83. The molecule has 4 heteroatoms. The molecule has 2 rings (SSSR count). The van der Waals surface area contributed by atoms with Gasteiger partial charge in [-0.25, -0.2) is 0 Å². The van der Waals surface area contributed by atoms with Gasteiger partial charge in [0.1, 0.15) is 5.75 Å². The van der Waals surface area contributed by atoms with Gasteiger partial charge in [-0.2, -0.15) is 0 Å². The van der Waals surface area contributed by atoms with Crippen LogP contribution in [0.4, 0.5) is 0 Å². The first kappa shape index (κ1) is 14.8. The second-order valence-corrected chi connectivity index (χ2v) is 6.38. The number of nitrogens with one attached hydrogen (secondary N) is 1. The third kappa shape index (κ3) is 4.48. The standard InChI is InChI=1S/C15H22BrNO2/c16-13-9-12(5-6-14(13)18)10-17-11-15(19)7-3-1-2-4-8-15/h5-6,9,17-19H,1-4,7-8,10-11H2. The largest absolute Gasteiger partial charge is 0.507 e. The molecular weight excluding hydrogens is 306 g/mol. The minimum absolute atomic E-state index is 0.256. The minimum Gasteiger partial charge on any atom is -0.507 e. The summed E-state index contributed by atoms with van der Waals surface area (Å²) in [4.78, 5) is 0. The highest BCUT2D eigenvalue weighted by molar-refractivity contribution is 9.10. The topological polar surface area (TPSA) is 52.5 Å². The van der Waals surface area contributed by atoms with Crippen LogP contribution < -0.4 is 5.32 Å². The number of hydrogen-bond donors (Lipinski definition) is 3. The van der Waals surface area contributed by atoms with E-state index in [2.05, 4.69) is 21.2 Å². The summed E-state index contributed by atoms with van der Waals surface area (Å²) in [5.41, 5.74) is 0.562. The summed E-state index contributed by atoms with van der Waals surface area (Å²) in [6.45, 7) is 1.35. The molecule has 3 N–H and O–H groups in total. The smallest absolute Gasteiger partial charge is 0.129 e. The summed E-state index contributed by atoms with van der Waals surface area (Å²) >= 11 is 3.31. The van der Waals surface area contributed by atoms with Gasteiger partial charge in [0.2, 0.25) is 0 Å². The third-order valence-corrected chi connectivity index (χ3v) is 4.46. The maximum absolute atomic E-state index is 10.5. The number of aliphatic hydroxyl groups is 1. The van der Waals surface area contributed by atoms with Crippen molar-refractivity contribution in [2.75, 3.05) is 6.54 Å². The van der Waals surface area contributed by atoms with Crippen LogP contribution in [-0.4, -0.2) is 22.4 Å². The fraction of sp³-hybridized carbons (Fsp3) is 0.600. The Hall–Kier alpha value is -0.580. The second kappa shape index (κ2) is 6.73. The Kier molecular flexibility index (Phi) is 5.25. The Morgan fingerprint density at radius 2 is 1.84 bits per heavy atom. The van der Waals surface area contributed by atoms with Crippen molar-refractivity contribution < 1.29 is 10.2 Å². The molecule has 3 nitrogen and oxygen atoms in total. The number of hydrogen-bond acceptors (Lipinski definition) is 3. The van der Waals surface area contributed by atoms with Crippen LogP contribution in [0.2, 0.25) is 0 Å². The molecule has 1 saturated carbocycles. The lowest BCUT2D eigenvalue weighted by atomic mass is 9.94. The first-order chi connectivity index (χ1) is 9.09. The highest BCUT2D eigenvalue weighted by Crippen LogP contribution is 2.27. The lowest BCUT2D eigenvalue weighted by Gasteiger charge is -2.27. The molecule has 1 aliphatic carbocycles. The molecule has 0 atom stereocenters. The first-order valence-corrected chi connectivity index (χ1v) is 7.79. The van der Waals surface area contributed by atoms with Crippen LogP contribution in [0.15, 0.2) is 22.7 Å². The van der Waals surface area contributed by atoms with Crippen molar-refractivity contribution in [3.8, 4) is 5.75 Å². The SMILES string of the molecule is Oc1ccc(CNCC2(O)CCCCCC2)cc1Br. The summed E-state index contributed by atoms with van der Waals surface area (Å²) in [5, 5.41) is 23.3. The van der Waals surface area contributed by atoms with Crippen LogP contribution in [-0.2, 0) is 6.54 Å². The average Bonchev–Trinajstić information content (AvgIpc) is 2.59. The molecule has 0 amide bonds. The van der Waals surface area contributed by atoms with E-state index in [0.29, 0.717) is 17.6 Å². The van der Waals surface area contributed by atoms with Gasteiger partial charge in [0.15, 0.2) is 0 Å². The van der Waals surface area contributed by atoms with Crippen molar-refractivity contribution in [1.82, 2.24) is 5.32 Å². The zero-order valence-corrected chi connectivity index (χ0v) is 12.7. The van der Waals surface area contributed by atoms with Crippen molar-refractivity contribution in [3.63, 3.8) is 0 Å². The van der Waals surface area contributed by atoms with Crippen LogP contribution in [0.3, 0.4) is 0 Å². The molecule has 0 bridgehead atoms. The van der Waals surface area contributed by atoms with Gasteiger partial charge in [0, 0.05) is 13.1 Å². The highest BCUT2D eigenvalue weighted by Gasteiger charge is 2.27. The first-order valence-electron chi connectivity index (χ1n) is 7.00. The van der Waals surface area contributed by atoms with E-state index in [-0.39, 0.29) is 5.75 Å². The van der Waals surface area contributed by atoms with E-state index in [1.54, 1.807) is 6.07 Å². The normalized spacial score (nSPS) is 19.1. The van der Waals surface area contributed by atoms with E-state index < -0.39 is 5.60 Å². The monoisotopic (exact) mass is 327 g/mol. The van der Waals surface area contributed by atoms with Crippen LogP contribution >= 0.6 is 15.9 Å². The molecule has 1 aromatic rings. The van der Waals surface area contributed by atoms with E-state index >= 15 is 0 Å². The molecule has 0 aliphatic heterocycles. The molecular formula is C15H22BrNO2. The predicted molar refractivity (Wildman–Crippen MR) is 80.2 cm³/mol. The Bertz CT molecular complexity index is 415. The Morgan fingerprint density at radius 1 is 1.16 bits per heavy atom. The summed E-state index contributed by atoms with van der Waals surface area (Å²) < 4.78 is 0.708. The minimum atomic E-state index is -0.537. The van der Waals surface area contributed by atoms with Gasteiger partial charge >= 0.3 is 0 Å². The summed E-state index contributed by atoms with van der Waals surface area (Å²) in [5.74, 6) is 0.256. The van der Waals surface area contributed by atoms with Crippen molar-refractivity contribution in [2.45, 2.75) is 50.7 Å². The van der Waals surface area contributed by atoms with E-state index in [9.17, 15) is 10.2 Å². The molecule has 0 radical (unpaired) electrons. The van der Waals surface area contributed by atoms with Crippen LogP contribution in [0, 0.1) is 0 Å². The van der Waals surface area contributed by atoms with Crippen LogP contribution in [0.5, 0.6) is 5.75 Å². The summed E-state index contributed by atoms with van der Waals surface area (Å²) in [6, 6.07) is 5.48. The molecule has 0 spiro atoms. The molecule has 0 heterocycles. The van der Waals surface area contributed by atoms with Gasteiger partial charge in [-0.1, -0.05) is 31.7 Å². The lowest BCUT2D eigenvalue weighted by Crippen LogP contribution is -2.39. The van der Waals surface area contributed by atoms with Crippen molar-refractivity contribution in [2.24, 2.45) is 0 Å². The molecule has 1 fully saturated rings. The lowest BCUT2D eigenvalue weighted by molar-refractivity contribution is 0.0250. The van der Waals surface area contributed by atoms with Crippen LogP contribution in [0.25, 0.3) is 0 Å². The van der Waals surface area contributed by atoms with Crippen molar-refractivity contribution in [3.05, 3.63) is 28.2 Å². The number of phenolic OH excluding ortho intramolecular Hbond substituents is 1. The van der Waals surface area contributed by atoms with Gasteiger partial charge in [-0.05, 0) is 46.5 Å². The number of benzene rings is 1. The molecule has 19 heavy (non-hydrogen) atoms. The zero-order valence-electron chi connectivity index (χ0n) is 11.2. The average molecular weight is 328 g/mol. The Morgan fingerprint density at radius 3 is 2.47 bits per heavy atom. The predicted octanol–water partition coefficient (Wildman–Crippen LogP) is 3.33. The van der Waals surface area contributed by atoms with Crippen molar-refractivity contribution in [1.29, 1.82) is 0 Å². The number of aromatic hydroxyl groups is 1. The molecule has 0 aromatic heterocycles. The number of halogens is 1. The van der Waals surface area contributed by atoms with Crippen molar-refractivity contribution >= 4 is 15.9 Å². The van der Waals surface area contributed by atoms with E-state index in [4.69, 9.17) is 0 Å². The maximum atomic E-state index is 10.5. The second-order valence-electron chi connectivity index (χ2n) is 5.53. The maximum Gasteiger partial charge on any atom is 0.129 e. The Labute approximate surface area is 123 Å². The highest BCUT2D eigenvalue weighted by atomic mass is 79.9. The fourth-order valence-corrected chi connectivity index (χ4v) is 3.09. The molecule has 0 unspecified atom stereocenters. The number of rotatable bonds is 4.